The topological polar surface area (TPSA) is 43.8 Å². The van der Waals surface area contributed by atoms with E-state index in [1.807, 2.05) is 31.5 Å². The van der Waals surface area contributed by atoms with Gasteiger partial charge >= 0.3 is 5.97 Å². The van der Waals surface area contributed by atoms with Crippen LogP contribution in [0.2, 0.25) is 0 Å². The molecule has 3 heterocycles. The quantitative estimate of drug-likeness (QED) is 0.599. The number of fused-ring (bicyclic) bond motifs is 1. The Balaban J connectivity index is 1.82. The van der Waals surface area contributed by atoms with Gasteiger partial charge in [-0.1, -0.05) is 42.0 Å². The van der Waals surface area contributed by atoms with Crippen molar-refractivity contribution >= 4 is 28.7 Å². The molecule has 3 aliphatic rings. The van der Waals surface area contributed by atoms with Crippen LogP contribution in [-0.4, -0.2) is 34.5 Å². The van der Waals surface area contributed by atoms with Crippen molar-refractivity contribution < 1.29 is 14.3 Å². The first-order valence-electron chi connectivity index (χ1n) is 10.3. The smallest absolute Gasteiger partial charge is 0.335 e. The van der Waals surface area contributed by atoms with Gasteiger partial charge < -0.3 is 14.9 Å². The van der Waals surface area contributed by atoms with Gasteiger partial charge in [-0.05, 0) is 60.6 Å². The van der Waals surface area contributed by atoms with Gasteiger partial charge in [0.05, 0.1) is 5.57 Å². The Bertz CT molecular complexity index is 1090. The number of rotatable bonds is 3. The molecule has 4 nitrogen and oxygen atoms in total. The Kier molecular flexibility index (Phi) is 6.14. The highest BCUT2D eigenvalue weighted by molar-refractivity contribution is 6.32. The number of hydrogen-bond acceptors (Lipinski definition) is 3. The van der Waals surface area contributed by atoms with Crippen molar-refractivity contribution in [2.75, 3.05) is 13.6 Å². The van der Waals surface area contributed by atoms with Gasteiger partial charge in [0.25, 0.3) is 0 Å². The van der Waals surface area contributed by atoms with E-state index in [1.54, 1.807) is 23.2 Å². The van der Waals surface area contributed by atoms with Crippen molar-refractivity contribution in [2.45, 2.75) is 25.7 Å². The van der Waals surface area contributed by atoms with E-state index in [0.717, 1.165) is 30.5 Å². The summed E-state index contributed by atoms with van der Waals surface area (Å²) in [6.45, 7) is 0.937. The highest BCUT2D eigenvalue weighted by Gasteiger charge is 2.25. The summed E-state index contributed by atoms with van der Waals surface area (Å²) in [4.78, 5) is 15.2. The van der Waals surface area contributed by atoms with Crippen molar-refractivity contribution in [3.05, 3.63) is 94.3 Å². The van der Waals surface area contributed by atoms with Crippen LogP contribution in [0.25, 0.3) is 11.1 Å². The largest absolute Gasteiger partial charge is 0.478 e. The van der Waals surface area contributed by atoms with Crippen LogP contribution >= 0.6 is 11.6 Å². The molecule has 0 atom stereocenters. The molecule has 0 aromatic heterocycles. The molecule has 0 unspecified atom stereocenters. The van der Waals surface area contributed by atoms with Crippen LogP contribution in [0.15, 0.2) is 77.4 Å². The maximum absolute atomic E-state index is 15.3. The number of nitrogens with zero attached hydrogens (tertiary/aromatic N) is 2. The van der Waals surface area contributed by atoms with E-state index in [4.69, 9.17) is 11.6 Å². The first-order valence-corrected chi connectivity index (χ1v) is 10.7. The van der Waals surface area contributed by atoms with Gasteiger partial charge in [-0.15, -0.1) is 0 Å². The Morgan fingerprint density at radius 2 is 2.06 bits per heavy atom. The number of halogens is 2. The number of benzene rings is 1. The summed E-state index contributed by atoms with van der Waals surface area (Å²) in [5.74, 6) is -1.32. The fraction of sp³-hybridized carbons (Fsp3) is 0.240. The van der Waals surface area contributed by atoms with E-state index in [9.17, 15) is 9.90 Å². The first kappa shape index (κ1) is 21.2. The van der Waals surface area contributed by atoms with Gasteiger partial charge in [-0.2, -0.15) is 0 Å². The minimum atomic E-state index is -0.995. The summed E-state index contributed by atoms with van der Waals surface area (Å²) in [5, 5.41) is 9.68. The molecule has 0 saturated carbocycles. The van der Waals surface area contributed by atoms with E-state index in [1.165, 1.54) is 12.1 Å². The Morgan fingerprint density at radius 1 is 1.23 bits per heavy atom. The number of aliphatic carboxylic acids is 1. The number of hydrogen-bond donors (Lipinski definition) is 1. The Morgan fingerprint density at radius 3 is 2.87 bits per heavy atom. The molecule has 0 bridgehead atoms. The standard InChI is InChI=1S/C25H24ClFN2O2/c1-28-13-4-2-3-7-18(16-28)20-9-6-11-22(27)23(20)21-10-5-8-19-15-17(25(30)31)12-14-29(19)24(21)26/h3,6-9,11-12,14-16H,2,4-5,10,13H2,1H3,(H,30,31)/b7-3+,18-16+. The zero-order chi connectivity index (χ0) is 22.0. The first-order chi connectivity index (χ1) is 15.0. The lowest BCUT2D eigenvalue weighted by molar-refractivity contribution is -0.132. The summed E-state index contributed by atoms with van der Waals surface area (Å²) in [6.07, 6.45) is 16.1. The highest BCUT2D eigenvalue weighted by atomic mass is 35.5. The van der Waals surface area contributed by atoms with Crippen molar-refractivity contribution in [1.82, 2.24) is 9.80 Å². The predicted molar refractivity (Wildman–Crippen MR) is 122 cm³/mol. The second kappa shape index (κ2) is 8.98. The molecule has 0 aliphatic carbocycles. The lowest BCUT2D eigenvalue weighted by Crippen LogP contribution is -2.17. The van der Waals surface area contributed by atoms with E-state index < -0.39 is 5.97 Å². The molecule has 4 rings (SSSR count). The average Bonchev–Trinajstić information content (AvgIpc) is 2.89. The van der Waals surface area contributed by atoms with Crippen molar-refractivity contribution in [1.29, 1.82) is 0 Å². The third-order valence-corrected chi connectivity index (χ3v) is 6.02. The van der Waals surface area contributed by atoms with Gasteiger partial charge in [-0.3, -0.25) is 0 Å². The minimum absolute atomic E-state index is 0.190. The minimum Gasteiger partial charge on any atom is -0.478 e. The van der Waals surface area contributed by atoms with Gasteiger partial charge in [-0.25, -0.2) is 9.18 Å². The summed E-state index contributed by atoms with van der Waals surface area (Å²) < 4.78 is 15.3. The maximum atomic E-state index is 15.3. The number of carboxylic acid groups (broad SMARTS) is 1. The summed E-state index contributed by atoms with van der Waals surface area (Å²) in [7, 11) is 2.02. The number of carbonyl (C=O) groups is 1. The van der Waals surface area contributed by atoms with Crippen molar-refractivity contribution in [2.24, 2.45) is 0 Å². The second-order valence-corrected chi connectivity index (χ2v) is 8.16. The highest BCUT2D eigenvalue weighted by Crippen LogP contribution is 2.40. The van der Waals surface area contributed by atoms with E-state index in [0.29, 0.717) is 34.8 Å². The van der Waals surface area contributed by atoms with Crippen LogP contribution in [0.4, 0.5) is 4.39 Å². The van der Waals surface area contributed by atoms with Gasteiger partial charge in [0.2, 0.25) is 0 Å². The third kappa shape index (κ3) is 4.37. The number of allylic oxidation sites excluding steroid dienone is 6. The summed E-state index contributed by atoms with van der Waals surface area (Å²) >= 11 is 6.81. The molecule has 3 aliphatic heterocycles. The fourth-order valence-corrected chi connectivity index (χ4v) is 4.42. The van der Waals surface area contributed by atoms with Crippen LogP contribution < -0.4 is 0 Å². The monoisotopic (exact) mass is 438 g/mol. The molecule has 0 fully saturated rings. The molecule has 31 heavy (non-hydrogen) atoms. The van der Waals surface area contributed by atoms with E-state index >= 15 is 4.39 Å². The third-order valence-electron chi connectivity index (χ3n) is 5.60. The molecule has 0 amide bonds. The SMILES string of the molecule is CN1/C=C(c2cccc(F)c2C2=C(Cl)N3C=CC(C(=O)O)=CC3=CCC2)\C=C\CCC1. The lowest BCUT2D eigenvalue weighted by Gasteiger charge is -2.26. The van der Waals surface area contributed by atoms with Crippen molar-refractivity contribution in [3.8, 4) is 0 Å². The molecule has 6 heteroatoms. The molecular formula is C25H24ClFN2O2. The zero-order valence-electron chi connectivity index (χ0n) is 17.3. The zero-order valence-corrected chi connectivity index (χ0v) is 18.1. The van der Waals surface area contributed by atoms with Crippen LogP contribution in [0, 0.1) is 5.82 Å². The molecular weight excluding hydrogens is 415 g/mol. The van der Waals surface area contributed by atoms with Crippen LogP contribution in [0.1, 0.15) is 36.8 Å². The molecule has 0 radical (unpaired) electrons. The second-order valence-electron chi connectivity index (χ2n) is 7.80. The molecule has 1 aromatic rings. The van der Waals surface area contributed by atoms with Gasteiger partial charge in [0, 0.05) is 37.3 Å². The normalized spacial score (nSPS) is 21.8. The Labute approximate surface area is 186 Å². The molecule has 1 N–H and O–H groups in total. The molecule has 160 valence electrons. The van der Waals surface area contributed by atoms with E-state index in [2.05, 4.69) is 11.0 Å². The van der Waals surface area contributed by atoms with Crippen LogP contribution in [0.5, 0.6) is 0 Å². The van der Waals surface area contributed by atoms with Gasteiger partial charge in [0.1, 0.15) is 11.0 Å². The predicted octanol–water partition coefficient (Wildman–Crippen LogP) is 5.87. The Hall–Kier alpha value is -3.05. The van der Waals surface area contributed by atoms with E-state index in [-0.39, 0.29) is 11.4 Å². The van der Waals surface area contributed by atoms with Gasteiger partial charge in [0.15, 0.2) is 0 Å². The van der Waals surface area contributed by atoms with Crippen LogP contribution in [0.3, 0.4) is 0 Å². The summed E-state index contributed by atoms with van der Waals surface area (Å²) in [5.41, 5.74) is 3.81. The summed E-state index contributed by atoms with van der Waals surface area (Å²) in [6, 6.07) is 5.11. The van der Waals surface area contributed by atoms with Crippen molar-refractivity contribution in [3.63, 3.8) is 0 Å². The van der Waals surface area contributed by atoms with Crippen LogP contribution in [-0.2, 0) is 4.79 Å². The molecule has 1 aromatic carbocycles. The maximum Gasteiger partial charge on any atom is 0.335 e. The average molecular weight is 439 g/mol. The molecule has 0 saturated heterocycles. The fourth-order valence-electron chi connectivity index (χ4n) is 4.07. The lowest BCUT2D eigenvalue weighted by atomic mass is 9.91. The number of carboxylic acids is 1. The molecule has 0 spiro atoms.